The Hall–Kier alpha value is -1.71. The number of amides is 1. The first-order chi connectivity index (χ1) is 8.61. The number of carbonyl (C=O) groups excluding carboxylic acids is 1. The minimum atomic E-state index is -0.360. The lowest BCUT2D eigenvalue weighted by atomic mass is 9.98. The van der Waals surface area contributed by atoms with Crippen LogP contribution in [0, 0.1) is 5.92 Å². The van der Waals surface area contributed by atoms with Crippen LogP contribution in [0.15, 0.2) is 18.2 Å². The van der Waals surface area contributed by atoms with E-state index in [-0.39, 0.29) is 5.91 Å². The van der Waals surface area contributed by atoms with Gasteiger partial charge in [-0.15, -0.1) is 0 Å². The van der Waals surface area contributed by atoms with E-state index in [0.717, 1.165) is 30.4 Å². The summed E-state index contributed by atoms with van der Waals surface area (Å²) in [5.41, 5.74) is 7.97. The molecule has 0 unspecified atom stereocenters. The fraction of sp³-hybridized carbons (Fsp3) is 0.500. The highest BCUT2D eigenvalue weighted by Gasteiger charge is 2.20. The van der Waals surface area contributed by atoms with Crippen LogP contribution >= 0.6 is 0 Å². The molecule has 18 heavy (non-hydrogen) atoms. The smallest absolute Gasteiger partial charge is 0.250 e. The van der Waals surface area contributed by atoms with Crippen LogP contribution in [0.4, 0.5) is 11.4 Å². The maximum atomic E-state index is 11.6. The summed E-state index contributed by atoms with van der Waals surface area (Å²) in [6.07, 6.45) is 2.35. The summed E-state index contributed by atoms with van der Waals surface area (Å²) in [5, 5.41) is 3.03. The van der Waals surface area contributed by atoms with E-state index in [1.807, 2.05) is 25.2 Å². The number of benzene rings is 1. The van der Waals surface area contributed by atoms with Gasteiger partial charge in [0.1, 0.15) is 0 Å². The average Bonchev–Trinajstić information content (AvgIpc) is 2.39. The fourth-order valence-corrected chi connectivity index (χ4v) is 2.41. The number of piperidine rings is 1. The van der Waals surface area contributed by atoms with Gasteiger partial charge in [-0.05, 0) is 37.0 Å². The summed E-state index contributed by atoms with van der Waals surface area (Å²) in [7, 11) is 1.84. The molecule has 0 saturated carbocycles. The van der Waals surface area contributed by atoms with Crippen LogP contribution in [-0.4, -0.2) is 26.0 Å². The van der Waals surface area contributed by atoms with Crippen LogP contribution < -0.4 is 16.0 Å². The van der Waals surface area contributed by atoms with Gasteiger partial charge in [0.25, 0.3) is 5.91 Å². The lowest BCUT2D eigenvalue weighted by molar-refractivity contribution is 0.100. The second-order valence-electron chi connectivity index (χ2n) is 5.02. The molecule has 1 saturated heterocycles. The molecule has 4 nitrogen and oxygen atoms in total. The second kappa shape index (κ2) is 5.29. The molecule has 2 rings (SSSR count). The standard InChI is InChI=1S/C14H21N3O/c1-10-5-7-17(8-6-10)13-4-3-11(16-2)9-12(13)14(15)18/h3-4,9-10,16H,5-8H2,1-2H3,(H2,15,18). The van der Waals surface area contributed by atoms with Gasteiger partial charge in [0.2, 0.25) is 0 Å². The molecule has 0 aliphatic carbocycles. The van der Waals surface area contributed by atoms with Gasteiger partial charge in [0.15, 0.2) is 0 Å². The molecule has 0 atom stereocenters. The van der Waals surface area contributed by atoms with Crippen LogP contribution in [0.3, 0.4) is 0 Å². The van der Waals surface area contributed by atoms with Gasteiger partial charge in [-0.2, -0.15) is 0 Å². The van der Waals surface area contributed by atoms with Crippen molar-refractivity contribution in [3.63, 3.8) is 0 Å². The predicted molar refractivity (Wildman–Crippen MR) is 75.1 cm³/mol. The maximum Gasteiger partial charge on any atom is 0.250 e. The third-order valence-corrected chi connectivity index (χ3v) is 3.68. The topological polar surface area (TPSA) is 58.4 Å². The van der Waals surface area contributed by atoms with Crippen LogP contribution in [-0.2, 0) is 0 Å². The van der Waals surface area contributed by atoms with Crippen molar-refractivity contribution < 1.29 is 4.79 Å². The van der Waals surface area contributed by atoms with Gasteiger partial charge >= 0.3 is 0 Å². The van der Waals surface area contributed by atoms with Gasteiger partial charge < -0.3 is 16.0 Å². The Balaban J connectivity index is 2.29. The molecule has 0 radical (unpaired) electrons. The summed E-state index contributed by atoms with van der Waals surface area (Å²) in [6, 6.07) is 5.80. The van der Waals surface area contributed by atoms with E-state index in [0.29, 0.717) is 5.56 Å². The highest BCUT2D eigenvalue weighted by Crippen LogP contribution is 2.28. The molecule has 1 aliphatic rings. The van der Waals surface area contributed by atoms with Crippen LogP contribution in [0.1, 0.15) is 30.1 Å². The van der Waals surface area contributed by atoms with E-state index in [2.05, 4.69) is 17.1 Å². The van der Waals surface area contributed by atoms with E-state index >= 15 is 0 Å². The first kappa shape index (κ1) is 12.7. The number of anilines is 2. The van der Waals surface area contributed by atoms with E-state index in [9.17, 15) is 4.79 Å². The average molecular weight is 247 g/mol. The zero-order valence-electron chi connectivity index (χ0n) is 11.1. The molecule has 1 fully saturated rings. The molecule has 1 aromatic rings. The minimum absolute atomic E-state index is 0.360. The van der Waals surface area contributed by atoms with E-state index in [1.54, 1.807) is 0 Å². The zero-order chi connectivity index (χ0) is 13.1. The third-order valence-electron chi connectivity index (χ3n) is 3.68. The Morgan fingerprint density at radius 1 is 1.39 bits per heavy atom. The summed E-state index contributed by atoms with van der Waals surface area (Å²) in [6.45, 7) is 4.27. The highest BCUT2D eigenvalue weighted by molar-refractivity contribution is 5.99. The van der Waals surface area contributed by atoms with Crippen LogP contribution in [0.2, 0.25) is 0 Å². The lowest BCUT2D eigenvalue weighted by Crippen LogP contribution is -2.34. The molecular formula is C14H21N3O. The van der Waals surface area contributed by atoms with Crippen molar-refractivity contribution in [2.75, 3.05) is 30.4 Å². The maximum absolute atomic E-state index is 11.6. The van der Waals surface area contributed by atoms with Gasteiger partial charge in [0, 0.05) is 31.5 Å². The number of nitrogens with two attached hydrogens (primary N) is 1. The number of nitrogens with zero attached hydrogens (tertiary/aromatic N) is 1. The Bertz CT molecular complexity index is 437. The Kier molecular flexibility index (Phi) is 3.75. The molecule has 0 spiro atoms. The highest BCUT2D eigenvalue weighted by atomic mass is 16.1. The molecular weight excluding hydrogens is 226 g/mol. The molecule has 1 aromatic carbocycles. The van der Waals surface area contributed by atoms with Crippen molar-refractivity contribution in [3.05, 3.63) is 23.8 Å². The zero-order valence-corrected chi connectivity index (χ0v) is 11.1. The number of primary amides is 1. The number of hydrogen-bond acceptors (Lipinski definition) is 3. The van der Waals surface area contributed by atoms with E-state index < -0.39 is 0 Å². The molecule has 4 heteroatoms. The molecule has 3 N–H and O–H groups in total. The Labute approximate surface area is 108 Å². The van der Waals surface area contributed by atoms with E-state index in [1.165, 1.54) is 12.8 Å². The largest absolute Gasteiger partial charge is 0.388 e. The number of hydrogen-bond donors (Lipinski definition) is 2. The Morgan fingerprint density at radius 3 is 2.61 bits per heavy atom. The number of rotatable bonds is 3. The molecule has 1 amide bonds. The molecule has 1 heterocycles. The first-order valence-corrected chi connectivity index (χ1v) is 6.48. The molecule has 0 bridgehead atoms. The van der Waals surface area contributed by atoms with Crippen LogP contribution in [0.25, 0.3) is 0 Å². The molecule has 1 aliphatic heterocycles. The quantitative estimate of drug-likeness (QED) is 0.859. The first-order valence-electron chi connectivity index (χ1n) is 6.48. The van der Waals surface area contributed by atoms with Crippen molar-refractivity contribution in [1.29, 1.82) is 0 Å². The number of nitrogens with one attached hydrogen (secondary N) is 1. The number of carbonyl (C=O) groups is 1. The summed E-state index contributed by atoms with van der Waals surface area (Å²) in [5.74, 6) is 0.413. The lowest BCUT2D eigenvalue weighted by Gasteiger charge is -2.33. The second-order valence-corrected chi connectivity index (χ2v) is 5.02. The van der Waals surface area contributed by atoms with Crippen molar-refractivity contribution >= 4 is 17.3 Å². The normalized spacial score (nSPS) is 16.7. The third kappa shape index (κ3) is 2.58. The fourth-order valence-electron chi connectivity index (χ4n) is 2.41. The molecule has 0 aromatic heterocycles. The summed E-state index contributed by atoms with van der Waals surface area (Å²) >= 11 is 0. The van der Waals surface area contributed by atoms with E-state index in [4.69, 9.17) is 5.73 Å². The summed E-state index contributed by atoms with van der Waals surface area (Å²) in [4.78, 5) is 13.8. The summed E-state index contributed by atoms with van der Waals surface area (Å²) < 4.78 is 0. The van der Waals surface area contributed by atoms with Gasteiger partial charge in [-0.3, -0.25) is 4.79 Å². The van der Waals surface area contributed by atoms with Crippen molar-refractivity contribution in [2.24, 2.45) is 11.7 Å². The SMILES string of the molecule is CNc1ccc(N2CCC(C)CC2)c(C(N)=O)c1. The van der Waals surface area contributed by atoms with Crippen LogP contribution in [0.5, 0.6) is 0 Å². The predicted octanol–water partition coefficient (Wildman–Crippen LogP) is 2.06. The van der Waals surface area contributed by atoms with Gasteiger partial charge in [0.05, 0.1) is 5.56 Å². The van der Waals surface area contributed by atoms with Crippen molar-refractivity contribution in [3.8, 4) is 0 Å². The van der Waals surface area contributed by atoms with Gasteiger partial charge in [-0.1, -0.05) is 6.92 Å². The monoisotopic (exact) mass is 247 g/mol. The van der Waals surface area contributed by atoms with Crippen molar-refractivity contribution in [1.82, 2.24) is 0 Å². The minimum Gasteiger partial charge on any atom is -0.388 e. The van der Waals surface area contributed by atoms with Crippen molar-refractivity contribution in [2.45, 2.75) is 19.8 Å². The molecule has 98 valence electrons. The van der Waals surface area contributed by atoms with Gasteiger partial charge in [-0.25, -0.2) is 0 Å². The Morgan fingerprint density at radius 2 is 2.06 bits per heavy atom.